The quantitative estimate of drug-likeness (QED) is 0.905. The van der Waals surface area contributed by atoms with Gasteiger partial charge in [-0.05, 0) is 43.5 Å². The summed E-state index contributed by atoms with van der Waals surface area (Å²) >= 11 is 0. The largest absolute Gasteiger partial charge is 0.488 e. The van der Waals surface area contributed by atoms with E-state index >= 15 is 0 Å². The lowest BCUT2D eigenvalue weighted by molar-refractivity contribution is -0.113. The molecule has 2 aliphatic heterocycles. The fraction of sp³-hybridized carbons (Fsp3) is 0.273. The fourth-order valence-corrected chi connectivity index (χ4v) is 3.50. The van der Waals surface area contributed by atoms with Crippen molar-refractivity contribution in [3.8, 4) is 5.75 Å². The number of ether oxygens (including phenoxy) is 1. The lowest BCUT2D eigenvalue weighted by Gasteiger charge is -2.27. The smallest absolute Gasteiger partial charge is 0.255 e. The molecule has 1 N–H and O–H groups in total. The van der Waals surface area contributed by atoms with Gasteiger partial charge >= 0.3 is 0 Å². The first-order valence-corrected chi connectivity index (χ1v) is 9.34. The number of carbonyl (C=O) groups excluding carboxylic acids is 2. The predicted octanol–water partition coefficient (Wildman–Crippen LogP) is 3.73. The Hall–Kier alpha value is -3.08. The number of fused-ring (bicyclic) bond motifs is 1. The fourth-order valence-electron chi connectivity index (χ4n) is 3.50. The molecule has 2 aliphatic rings. The number of rotatable bonds is 3. The highest BCUT2D eigenvalue weighted by atomic mass is 16.5. The van der Waals surface area contributed by atoms with E-state index < -0.39 is 0 Å². The molecule has 0 atom stereocenters. The van der Waals surface area contributed by atoms with Crippen LogP contribution in [0.15, 0.2) is 54.1 Å². The van der Waals surface area contributed by atoms with Crippen molar-refractivity contribution in [2.24, 2.45) is 0 Å². The maximum absolute atomic E-state index is 12.9. The Morgan fingerprint density at radius 3 is 2.52 bits per heavy atom. The second kappa shape index (κ2) is 7.66. The zero-order valence-corrected chi connectivity index (χ0v) is 15.1. The van der Waals surface area contributed by atoms with Crippen LogP contribution in [0.25, 0.3) is 6.08 Å². The zero-order valence-electron chi connectivity index (χ0n) is 15.1. The van der Waals surface area contributed by atoms with Gasteiger partial charge in [-0.1, -0.05) is 30.3 Å². The van der Waals surface area contributed by atoms with Crippen LogP contribution in [0, 0.1) is 0 Å². The zero-order chi connectivity index (χ0) is 18.6. The molecule has 1 saturated heterocycles. The molecule has 2 aromatic rings. The van der Waals surface area contributed by atoms with Crippen molar-refractivity contribution in [1.29, 1.82) is 0 Å². The monoisotopic (exact) mass is 362 g/mol. The standard InChI is InChI=1S/C22H22N2O3/c25-21(17-14-16-8-2-5-11-20(16)27-15-17)23-19-10-4-3-9-18(19)22(26)24-12-6-1-7-13-24/h2-5,8-11,14H,1,6-7,12-13,15H2,(H,23,25). The number of amides is 2. The van der Waals surface area contributed by atoms with Crippen molar-refractivity contribution in [2.75, 3.05) is 25.0 Å². The van der Waals surface area contributed by atoms with Crippen molar-refractivity contribution in [1.82, 2.24) is 4.90 Å². The van der Waals surface area contributed by atoms with Gasteiger partial charge in [0.25, 0.3) is 11.8 Å². The van der Waals surface area contributed by atoms with Crippen LogP contribution in [-0.2, 0) is 4.79 Å². The molecule has 5 nitrogen and oxygen atoms in total. The van der Waals surface area contributed by atoms with Crippen molar-refractivity contribution in [3.63, 3.8) is 0 Å². The molecule has 0 radical (unpaired) electrons. The van der Waals surface area contributed by atoms with Crippen LogP contribution in [0.2, 0.25) is 0 Å². The topological polar surface area (TPSA) is 58.6 Å². The molecule has 0 bridgehead atoms. The van der Waals surface area contributed by atoms with E-state index in [-0.39, 0.29) is 18.4 Å². The number of nitrogens with zero attached hydrogens (tertiary/aromatic N) is 1. The van der Waals surface area contributed by atoms with Gasteiger partial charge in [0.1, 0.15) is 12.4 Å². The first-order chi connectivity index (χ1) is 13.2. The van der Waals surface area contributed by atoms with Gasteiger partial charge in [-0.2, -0.15) is 0 Å². The minimum Gasteiger partial charge on any atom is -0.488 e. The van der Waals surface area contributed by atoms with E-state index in [4.69, 9.17) is 4.74 Å². The molecule has 138 valence electrons. The minimum absolute atomic E-state index is 0.0233. The second-order valence-electron chi connectivity index (χ2n) is 6.85. The van der Waals surface area contributed by atoms with Gasteiger partial charge in [-0.15, -0.1) is 0 Å². The van der Waals surface area contributed by atoms with Crippen LogP contribution < -0.4 is 10.1 Å². The average molecular weight is 362 g/mol. The van der Waals surface area contributed by atoms with Crippen molar-refractivity contribution in [2.45, 2.75) is 19.3 Å². The highest BCUT2D eigenvalue weighted by Gasteiger charge is 2.23. The molecule has 5 heteroatoms. The summed E-state index contributed by atoms with van der Waals surface area (Å²) in [6.07, 6.45) is 5.06. The number of nitrogens with one attached hydrogen (secondary N) is 1. The molecule has 2 heterocycles. The number of hydrogen-bond acceptors (Lipinski definition) is 3. The molecule has 4 rings (SSSR count). The molecular formula is C22H22N2O3. The number of hydrogen-bond donors (Lipinski definition) is 1. The first kappa shape index (κ1) is 17.3. The predicted molar refractivity (Wildman–Crippen MR) is 105 cm³/mol. The number of carbonyl (C=O) groups is 2. The van der Waals surface area contributed by atoms with Gasteiger partial charge in [0.05, 0.1) is 16.8 Å². The normalized spacial score (nSPS) is 16.0. The lowest BCUT2D eigenvalue weighted by Crippen LogP contribution is -2.36. The van der Waals surface area contributed by atoms with Crippen LogP contribution in [0.1, 0.15) is 35.2 Å². The van der Waals surface area contributed by atoms with E-state index in [1.807, 2.05) is 47.4 Å². The third kappa shape index (κ3) is 3.72. The molecule has 2 amide bonds. The molecule has 0 saturated carbocycles. The molecule has 0 aliphatic carbocycles. The van der Waals surface area contributed by atoms with Crippen LogP contribution >= 0.6 is 0 Å². The van der Waals surface area contributed by atoms with Gasteiger partial charge < -0.3 is 15.0 Å². The average Bonchev–Trinajstić information content (AvgIpc) is 2.74. The van der Waals surface area contributed by atoms with E-state index in [0.29, 0.717) is 16.8 Å². The van der Waals surface area contributed by atoms with Gasteiger partial charge in [0, 0.05) is 18.7 Å². The molecule has 2 aromatic carbocycles. The molecular weight excluding hydrogens is 340 g/mol. The number of likely N-dealkylation sites (tertiary alicyclic amines) is 1. The van der Waals surface area contributed by atoms with E-state index in [9.17, 15) is 9.59 Å². The molecule has 1 fully saturated rings. The number of piperidine rings is 1. The molecule has 0 spiro atoms. The van der Waals surface area contributed by atoms with Crippen molar-refractivity contribution in [3.05, 3.63) is 65.2 Å². The Morgan fingerprint density at radius 1 is 0.926 bits per heavy atom. The second-order valence-corrected chi connectivity index (χ2v) is 6.85. The van der Waals surface area contributed by atoms with Gasteiger partial charge in [0.2, 0.25) is 0 Å². The maximum atomic E-state index is 12.9. The Balaban J connectivity index is 1.54. The summed E-state index contributed by atoms with van der Waals surface area (Å²) in [5.41, 5.74) is 2.49. The van der Waals surface area contributed by atoms with Gasteiger partial charge in [0.15, 0.2) is 0 Å². The number of para-hydroxylation sites is 2. The maximum Gasteiger partial charge on any atom is 0.255 e. The van der Waals surface area contributed by atoms with E-state index in [2.05, 4.69) is 5.32 Å². The van der Waals surface area contributed by atoms with Crippen molar-refractivity contribution >= 4 is 23.6 Å². The van der Waals surface area contributed by atoms with E-state index in [0.717, 1.165) is 43.7 Å². The van der Waals surface area contributed by atoms with Gasteiger partial charge in [-0.25, -0.2) is 0 Å². The molecule has 0 aromatic heterocycles. The highest BCUT2D eigenvalue weighted by Crippen LogP contribution is 2.27. The summed E-state index contributed by atoms with van der Waals surface area (Å²) in [6.45, 7) is 1.76. The molecule has 27 heavy (non-hydrogen) atoms. The number of benzene rings is 2. The first-order valence-electron chi connectivity index (χ1n) is 9.34. The highest BCUT2D eigenvalue weighted by molar-refractivity contribution is 6.11. The summed E-state index contributed by atoms with van der Waals surface area (Å²) in [4.78, 5) is 27.5. The molecule has 0 unspecified atom stereocenters. The van der Waals surface area contributed by atoms with E-state index in [1.165, 1.54) is 0 Å². The summed E-state index contributed by atoms with van der Waals surface area (Å²) in [5.74, 6) is 0.503. The van der Waals surface area contributed by atoms with Crippen LogP contribution in [0.4, 0.5) is 5.69 Å². The Kier molecular flexibility index (Phi) is 4.92. The number of anilines is 1. The summed E-state index contributed by atoms with van der Waals surface area (Å²) in [6, 6.07) is 14.8. The van der Waals surface area contributed by atoms with Crippen molar-refractivity contribution < 1.29 is 14.3 Å². The SMILES string of the molecule is O=C(Nc1ccccc1C(=O)N1CCCCC1)C1=Cc2ccccc2OC1. The summed E-state index contributed by atoms with van der Waals surface area (Å²) < 4.78 is 5.66. The summed E-state index contributed by atoms with van der Waals surface area (Å²) in [7, 11) is 0. The van der Waals surface area contributed by atoms with Crippen LogP contribution in [0.3, 0.4) is 0 Å². The van der Waals surface area contributed by atoms with Crippen LogP contribution in [-0.4, -0.2) is 36.4 Å². The Labute approximate surface area is 158 Å². The third-order valence-corrected chi connectivity index (χ3v) is 4.97. The summed E-state index contributed by atoms with van der Waals surface area (Å²) in [5, 5.41) is 2.90. The Bertz CT molecular complexity index is 898. The Morgan fingerprint density at radius 2 is 1.67 bits per heavy atom. The van der Waals surface area contributed by atoms with Crippen LogP contribution in [0.5, 0.6) is 5.75 Å². The third-order valence-electron chi connectivity index (χ3n) is 4.97. The van der Waals surface area contributed by atoms with E-state index in [1.54, 1.807) is 12.1 Å². The lowest BCUT2D eigenvalue weighted by atomic mass is 10.1. The minimum atomic E-state index is -0.247. The van der Waals surface area contributed by atoms with Gasteiger partial charge in [-0.3, -0.25) is 9.59 Å².